The molecule has 1 saturated heterocycles. The van der Waals surface area contributed by atoms with Crippen LogP contribution in [0, 0.1) is 5.92 Å². The number of ether oxygens (including phenoxy) is 1. The molecule has 1 saturated carbocycles. The first-order chi connectivity index (χ1) is 14.2. The van der Waals surface area contributed by atoms with Crippen molar-refractivity contribution in [3.05, 3.63) is 42.2 Å². The van der Waals surface area contributed by atoms with Gasteiger partial charge in [0.15, 0.2) is 5.82 Å². The van der Waals surface area contributed by atoms with E-state index in [1.165, 1.54) is 32.1 Å². The average molecular weight is 395 g/mol. The van der Waals surface area contributed by atoms with Gasteiger partial charge >= 0.3 is 0 Å². The maximum absolute atomic E-state index is 12.5. The first kappa shape index (κ1) is 19.7. The Balaban J connectivity index is 1.39. The van der Waals surface area contributed by atoms with Crippen LogP contribution in [0.5, 0.6) is 11.6 Å². The van der Waals surface area contributed by atoms with Gasteiger partial charge in [-0.3, -0.25) is 4.79 Å². The zero-order valence-corrected chi connectivity index (χ0v) is 17.1. The van der Waals surface area contributed by atoms with E-state index in [0.717, 1.165) is 37.7 Å². The van der Waals surface area contributed by atoms with Crippen molar-refractivity contribution in [1.29, 1.82) is 0 Å². The number of anilines is 1. The molecular weight excluding hydrogens is 364 g/mol. The predicted molar refractivity (Wildman–Crippen MR) is 113 cm³/mol. The zero-order chi connectivity index (χ0) is 20.1. The molecule has 1 amide bonds. The second kappa shape index (κ2) is 9.25. The third-order valence-corrected chi connectivity index (χ3v) is 5.98. The minimum Gasteiger partial charge on any atom is -0.436 e. The molecule has 0 spiro atoms. The molecule has 0 atom stereocenters. The highest BCUT2D eigenvalue weighted by molar-refractivity contribution is 5.94. The Morgan fingerprint density at radius 1 is 1.00 bits per heavy atom. The number of nitrogens with one attached hydrogen (secondary N) is 1. The fourth-order valence-electron chi connectivity index (χ4n) is 4.17. The fraction of sp³-hybridized carbons (Fsp3) is 0.522. The quantitative estimate of drug-likeness (QED) is 0.805. The van der Waals surface area contributed by atoms with Crippen LogP contribution in [-0.2, 0) is 0 Å². The van der Waals surface area contributed by atoms with Gasteiger partial charge in [-0.2, -0.15) is 0 Å². The molecular formula is C23H30N4O2. The maximum Gasteiger partial charge on any atom is 0.263 e. The topological polar surface area (TPSA) is 67.3 Å². The van der Waals surface area contributed by atoms with Gasteiger partial charge in [-0.25, -0.2) is 9.97 Å². The summed E-state index contributed by atoms with van der Waals surface area (Å²) in [6.45, 7) is 4.24. The molecule has 2 fully saturated rings. The lowest BCUT2D eigenvalue weighted by Gasteiger charge is -2.28. The number of hydrogen-bond donors (Lipinski definition) is 1. The molecule has 2 aromatic rings. The van der Waals surface area contributed by atoms with E-state index in [1.54, 1.807) is 12.4 Å². The number of carbonyl (C=O) groups is 1. The number of hydrogen-bond acceptors (Lipinski definition) is 5. The summed E-state index contributed by atoms with van der Waals surface area (Å²) in [5.41, 5.74) is 0.659. The number of carbonyl (C=O) groups excluding carboxylic acids is 1. The first-order valence-corrected chi connectivity index (χ1v) is 10.8. The first-order valence-electron chi connectivity index (χ1n) is 10.8. The van der Waals surface area contributed by atoms with Crippen LogP contribution < -0.4 is 15.0 Å². The number of aromatic nitrogens is 2. The smallest absolute Gasteiger partial charge is 0.263 e. The molecule has 1 aliphatic heterocycles. The monoisotopic (exact) mass is 394 g/mol. The minimum absolute atomic E-state index is 0.00962. The lowest BCUT2D eigenvalue weighted by Crippen LogP contribution is -2.37. The van der Waals surface area contributed by atoms with E-state index < -0.39 is 0 Å². The molecule has 6 heteroatoms. The van der Waals surface area contributed by atoms with E-state index in [1.807, 2.05) is 24.3 Å². The molecule has 2 heterocycles. The van der Waals surface area contributed by atoms with Crippen molar-refractivity contribution in [1.82, 2.24) is 15.3 Å². The van der Waals surface area contributed by atoms with Gasteiger partial charge in [0, 0.05) is 37.1 Å². The summed E-state index contributed by atoms with van der Waals surface area (Å²) >= 11 is 0. The van der Waals surface area contributed by atoms with Crippen LogP contribution in [0.2, 0.25) is 0 Å². The molecule has 0 unspecified atom stereocenters. The second-order valence-corrected chi connectivity index (χ2v) is 8.29. The maximum atomic E-state index is 12.5. The molecule has 1 aliphatic carbocycles. The van der Waals surface area contributed by atoms with Gasteiger partial charge in [0.25, 0.3) is 11.8 Å². The standard InChI is InChI=1S/C23H30N4O2/c1-17-5-9-19(10-6-17)26-22(28)18-7-11-20(12-8-18)29-23-21(24-13-14-25-23)27-15-3-2-4-16-27/h7-8,11-14,17,19H,2-6,9-10,15-16H2,1H3,(H,26,28). The SMILES string of the molecule is CC1CCC(NC(=O)c2ccc(Oc3nccnc3N3CCCCC3)cc2)CC1. The van der Waals surface area contributed by atoms with E-state index >= 15 is 0 Å². The van der Waals surface area contributed by atoms with Gasteiger partial charge in [0.1, 0.15) is 5.75 Å². The van der Waals surface area contributed by atoms with Crippen molar-refractivity contribution in [3.8, 4) is 11.6 Å². The lowest BCUT2D eigenvalue weighted by atomic mass is 9.87. The number of amides is 1. The Bertz CT molecular complexity index is 810. The number of benzene rings is 1. The number of piperidine rings is 1. The van der Waals surface area contributed by atoms with Crippen molar-refractivity contribution in [2.24, 2.45) is 5.92 Å². The van der Waals surface area contributed by atoms with Crippen LogP contribution in [0.3, 0.4) is 0 Å². The zero-order valence-electron chi connectivity index (χ0n) is 17.1. The molecule has 6 nitrogen and oxygen atoms in total. The summed E-state index contributed by atoms with van der Waals surface area (Å²) in [5, 5.41) is 3.17. The molecule has 154 valence electrons. The van der Waals surface area contributed by atoms with Gasteiger partial charge in [-0.15, -0.1) is 0 Å². The summed E-state index contributed by atoms with van der Waals surface area (Å²) in [6, 6.07) is 7.57. The Kier molecular flexibility index (Phi) is 6.27. The Morgan fingerprint density at radius 2 is 1.69 bits per heavy atom. The highest BCUT2D eigenvalue weighted by Crippen LogP contribution is 2.30. The predicted octanol–water partition coefficient (Wildman–Crippen LogP) is 4.57. The molecule has 4 rings (SSSR count). The van der Waals surface area contributed by atoms with Gasteiger partial charge < -0.3 is 15.0 Å². The molecule has 1 aromatic heterocycles. The molecule has 29 heavy (non-hydrogen) atoms. The van der Waals surface area contributed by atoms with Gasteiger partial charge in [-0.05, 0) is 75.1 Å². The van der Waals surface area contributed by atoms with Crippen LogP contribution in [0.1, 0.15) is 62.2 Å². The Morgan fingerprint density at radius 3 is 2.41 bits per heavy atom. The lowest BCUT2D eigenvalue weighted by molar-refractivity contribution is 0.0923. The summed E-state index contributed by atoms with van der Waals surface area (Å²) in [5.74, 6) is 2.73. The normalized spacial score (nSPS) is 22.2. The van der Waals surface area contributed by atoms with E-state index in [2.05, 4.69) is 27.1 Å². The summed E-state index contributed by atoms with van der Waals surface area (Å²) in [4.78, 5) is 23.7. The van der Waals surface area contributed by atoms with Gasteiger partial charge in [0.2, 0.25) is 0 Å². The van der Waals surface area contributed by atoms with Crippen LogP contribution in [0.25, 0.3) is 0 Å². The van der Waals surface area contributed by atoms with E-state index in [9.17, 15) is 4.79 Å². The summed E-state index contributed by atoms with van der Waals surface area (Å²) in [6.07, 6.45) is 11.5. The van der Waals surface area contributed by atoms with Gasteiger partial charge in [-0.1, -0.05) is 6.92 Å². The largest absolute Gasteiger partial charge is 0.436 e. The summed E-state index contributed by atoms with van der Waals surface area (Å²) in [7, 11) is 0. The molecule has 2 aliphatic rings. The van der Waals surface area contributed by atoms with Crippen molar-refractivity contribution < 1.29 is 9.53 Å². The number of rotatable bonds is 5. The van der Waals surface area contributed by atoms with Crippen molar-refractivity contribution >= 4 is 11.7 Å². The molecule has 1 aromatic carbocycles. The highest BCUT2D eigenvalue weighted by atomic mass is 16.5. The average Bonchev–Trinajstić information content (AvgIpc) is 2.77. The van der Waals surface area contributed by atoms with Crippen LogP contribution >= 0.6 is 0 Å². The third-order valence-electron chi connectivity index (χ3n) is 5.98. The van der Waals surface area contributed by atoms with E-state index in [0.29, 0.717) is 23.2 Å². The highest BCUT2D eigenvalue weighted by Gasteiger charge is 2.21. The number of nitrogens with zero attached hydrogens (tertiary/aromatic N) is 3. The fourth-order valence-corrected chi connectivity index (χ4v) is 4.17. The van der Waals surface area contributed by atoms with Crippen LogP contribution in [-0.4, -0.2) is 35.0 Å². The third kappa shape index (κ3) is 5.05. The van der Waals surface area contributed by atoms with Crippen LogP contribution in [0.4, 0.5) is 5.82 Å². The van der Waals surface area contributed by atoms with Crippen molar-refractivity contribution in [2.45, 2.75) is 57.9 Å². The Labute approximate surface area is 172 Å². The van der Waals surface area contributed by atoms with Crippen molar-refractivity contribution in [3.63, 3.8) is 0 Å². The summed E-state index contributed by atoms with van der Waals surface area (Å²) < 4.78 is 6.01. The van der Waals surface area contributed by atoms with Gasteiger partial charge in [0.05, 0.1) is 0 Å². The molecule has 0 radical (unpaired) electrons. The molecule has 0 bridgehead atoms. The Hall–Kier alpha value is -2.63. The second-order valence-electron chi connectivity index (χ2n) is 8.29. The van der Waals surface area contributed by atoms with E-state index in [4.69, 9.17) is 4.74 Å². The van der Waals surface area contributed by atoms with Crippen molar-refractivity contribution in [2.75, 3.05) is 18.0 Å². The minimum atomic E-state index is -0.00962. The van der Waals surface area contributed by atoms with Crippen LogP contribution in [0.15, 0.2) is 36.7 Å². The van der Waals surface area contributed by atoms with E-state index in [-0.39, 0.29) is 5.91 Å². The molecule has 1 N–H and O–H groups in total.